The maximum absolute atomic E-state index is 13.8. The van der Waals surface area contributed by atoms with E-state index < -0.39 is 10.0 Å². The SMILES string of the molecule is Cc1ccc(C(CC(=O)OC(C)CN(C)C)c2ccc3c(nnn3C)c2C)cc1CN1CCN(C)c2ccccc2S1(=O)=O. The molecule has 0 saturated carbocycles. The van der Waals surface area contributed by atoms with Crippen molar-refractivity contribution >= 4 is 32.7 Å². The lowest BCUT2D eigenvalue weighted by molar-refractivity contribution is -0.149. The molecule has 1 aliphatic heterocycles. The summed E-state index contributed by atoms with van der Waals surface area (Å²) in [6.07, 6.45) is -0.128. The van der Waals surface area contributed by atoms with Crippen molar-refractivity contribution in [2.24, 2.45) is 7.05 Å². The first kappa shape index (κ1) is 31.6. The number of anilines is 1. The smallest absolute Gasteiger partial charge is 0.307 e. The van der Waals surface area contributed by atoms with Gasteiger partial charge in [0.25, 0.3) is 0 Å². The van der Waals surface area contributed by atoms with Gasteiger partial charge in [0.2, 0.25) is 10.0 Å². The molecular weight excluding hydrogens is 576 g/mol. The number of likely N-dealkylation sites (N-methyl/N-ethyl adjacent to an activating group) is 2. The van der Waals surface area contributed by atoms with Crippen LogP contribution < -0.4 is 4.90 Å². The van der Waals surface area contributed by atoms with Gasteiger partial charge in [0, 0.05) is 46.2 Å². The molecule has 2 heterocycles. The van der Waals surface area contributed by atoms with Crippen LogP contribution in [0.5, 0.6) is 0 Å². The summed E-state index contributed by atoms with van der Waals surface area (Å²) < 4.78 is 36.8. The summed E-state index contributed by atoms with van der Waals surface area (Å²) in [6.45, 7) is 7.68. The van der Waals surface area contributed by atoms with Crippen LogP contribution in [-0.4, -0.2) is 85.5 Å². The molecule has 4 aromatic rings. The van der Waals surface area contributed by atoms with Crippen LogP contribution in [0.15, 0.2) is 59.5 Å². The number of fused-ring (bicyclic) bond motifs is 2. The third kappa shape index (κ3) is 6.36. The number of nitrogens with zero attached hydrogens (tertiary/aromatic N) is 6. The van der Waals surface area contributed by atoms with Gasteiger partial charge in [-0.15, -0.1) is 5.10 Å². The van der Waals surface area contributed by atoms with Gasteiger partial charge in [0.05, 0.1) is 17.6 Å². The zero-order chi connectivity index (χ0) is 31.8. The van der Waals surface area contributed by atoms with Gasteiger partial charge in [-0.1, -0.05) is 41.6 Å². The number of sulfonamides is 1. The molecule has 0 bridgehead atoms. The van der Waals surface area contributed by atoms with Crippen LogP contribution in [0.1, 0.15) is 47.1 Å². The highest BCUT2D eigenvalue weighted by Crippen LogP contribution is 2.36. The topological polar surface area (TPSA) is 101 Å². The van der Waals surface area contributed by atoms with Crippen molar-refractivity contribution in [2.45, 2.75) is 50.7 Å². The van der Waals surface area contributed by atoms with Gasteiger partial charge in [-0.2, -0.15) is 4.31 Å². The number of hydrogen-bond donors (Lipinski definition) is 0. The number of rotatable bonds is 9. The molecule has 1 aliphatic rings. The molecule has 0 aliphatic carbocycles. The molecule has 0 radical (unpaired) electrons. The van der Waals surface area contributed by atoms with Crippen LogP contribution in [0.25, 0.3) is 11.0 Å². The summed E-state index contributed by atoms with van der Waals surface area (Å²) in [6, 6.07) is 17.3. The Morgan fingerprint density at radius 2 is 1.80 bits per heavy atom. The molecule has 1 aromatic heterocycles. The summed E-state index contributed by atoms with van der Waals surface area (Å²) in [5.74, 6) is -0.618. The highest BCUT2D eigenvalue weighted by atomic mass is 32.2. The third-order valence-electron chi connectivity index (χ3n) is 8.48. The number of ether oxygens (including phenoxy) is 1. The molecular formula is C33H42N6O4S. The van der Waals surface area contributed by atoms with E-state index in [0.717, 1.165) is 38.9 Å². The standard InChI is InChI=1S/C33H42N6O4S/c1-22-12-13-25(18-26(22)21-39-17-16-37(6)29-10-8-9-11-31(29)44(39,41)42)28(19-32(40)43-23(2)20-36(4)5)27-14-15-30-33(24(27)3)34-35-38(30)7/h8-15,18,23,28H,16-17,19-21H2,1-7H3. The maximum atomic E-state index is 13.8. The number of esters is 1. The highest BCUT2D eigenvalue weighted by Gasteiger charge is 2.32. The lowest BCUT2D eigenvalue weighted by Crippen LogP contribution is -2.33. The van der Waals surface area contributed by atoms with E-state index in [-0.39, 0.29) is 31.0 Å². The Hall–Kier alpha value is -3.80. The molecule has 0 spiro atoms. The van der Waals surface area contributed by atoms with Crippen LogP contribution in [-0.2, 0) is 33.1 Å². The molecule has 10 nitrogen and oxygen atoms in total. The van der Waals surface area contributed by atoms with Gasteiger partial charge in [-0.05, 0) is 80.9 Å². The molecule has 44 heavy (non-hydrogen) atoms. The second-order valence-corrected chi connectivity index (χ2v) is 14.0. The van der Waals surface area contributed by atoms with Crippen molar-refractivity contribution in [2.75, 3.05) is 45.7 Å². The minimum absolute atomic E-state index is 0.132. The second-order valence-electron chi connectivity index (χ2n) is 12.1. The monoisotopic (exact) mass is 618 g/mol. The lowest BCUT2D eigenvalue weighted by atomic mass is 9.84. The van der Waals surface area contributed by atoms with Crippen LogP contribution in [0.3, 0.4) is 0 Å². The maximum Gasteiger partial charge on any atom is 0.307 e. The van der Waals surface area contributed by atoms with Gasteiger partial charge < -0.3 is 14.5 Å². The average molecular weight is 619 g/mol. The Morgan fingerprint density at radius 3 is 2.55 bits per heavy atom. The summed E-state index contributed by atoms with van der Waals surface area (Å²) in [7, 11) is 3.94. The molecule has 3 aromatic carbocycles. The van der Waals surface area contributed by atoms with Crippen molar-refractivity contribution in [3.8, 4) is 0 Å². The van der Waals surface area contributed by atoms with Gasteiger partial charge >= 0.3 is 5.97 Å². The number of hydrogen-bond acceptors (Lipinski definition) is 8. The Bertz CT molecular complexity index is 1780. The predicted molar refractivity (Wildman–Crippen MR) is 172 cm³/mol. The zero-order valence-corrected chi connectivity index (χ0v) is 27.4. The fourth-order valence-electron chi connectivity index (χ4n) is 6.09. The number of carbonyl (C=O) groups is 1. The van der Waals surface area contributed by atoms with Crippen LogP contribution in [0.2, 0.25) is 0 Å². The van der Waals surface area contributed by atoms with E-state index in [2.05, 4.69) is 10.3 Å². The fourth-order valence-corrected chi connectivity index (χ4v) is 7.74. The van der Waals surface area contributed by atoms with Gasteiger partial charge in [-0.25, -0.2) is 13.1 Å². The third-order valence-corrected chi connectivity index (χ3v) is 10.4. The van der Waals surface area contributed by atoms with Crippen LogP contribution in [0.4, 0.5) is 5.69 Å². The normalized spacial score (nSPS) is 16.5. The van der Waals surface area contributed by atoms with Crippen molar-refractivity contribution in [3.63, 3.8) is 0 Å². The first-order valence-corrected chi connectivity index (χ1v) is 16.3. The molecule has 0 saturated heterocycles. The van der Waals surface area contributed by atoms with Crippen molar-refractivity contribution in [1.82, 2.24) is 24.2 Å². The Kier molecular flexibility index (Phi) is 9.10. The molecule has 234 valence electrons. The van der Waals surface area contributed by atoms with Gasteiger partial charge in [0.1, 0.15) is 16.5 Å². The minimum Gasteiger partial charge on any atom is -0.461 e. The number of benzene rings is 3. The molecule has 2 atom stereocenters. The first-order chi connectivity index (χ1) is 20.9. The van der Waals surface area contributed by atoms with E-state index in [1.165, 1.54) is 0 Å². The van der Waals surface area contributed by atoms with E-state index in [4.69, 9.17) is 4.74 Å². The predicted octanol–water partition coefficient (Wildman–Crippen LogP) is 4.24. The Labute approximate surface area is 260 Å². The lowest BCUT2D eigenvalue weighted by Gasteiger charge is -2.25. The van der Waals surface area contributed by atoms with Gasteiger partial charge in [-0.3, -0.25) is 4.79 Å². The van der Waals surface area contributed by atoms with Crippen molar-refractivity contribution in [1.29, 1.82) is 0 Å². The molecule has 0 fully saturated rings. The summed E-state index contributed by atoms with van der Waals surface area (Å²) >= 11 is 0. The van der Waals surface area contributed by atoms with Crippen molar-refractivity contribution < 1.29 is 17.9 Å². The molecule has 0 amide bonds. The summed E-state index contributed by atoms with van der Waals surface area (Å²) in [5, 5.41) is 8.58. The number of aryl methyl sites for hydroxylation is 3. The van der Waals surface area contributed by atoms with E-state index in [9.17, 15) is 13.2 Å². The number of carbonyl (C=O) groups excluding carboxylic acids is 1. The fraction of sp³-hybridized carbons (Fsp3) is 0.424. The second kappa shape index (κ2) is 12.7. The van der Waals surface area contributed by atoms with Crippen LogP contribution >= 0.6 is 0 Å². The Morgan fingerprint density at radius 1 is 1.05 bits per heavy atom. The van der Waals surface area contributed by atoms with Gasteiger partial charge in [0.15, 0.2) is 0 Å². The molecule has 2 unspecified atom stereocenters. The minimum atomic E-state index is -3.73. The van der Waals surface area contributed by atoms with E-state index in [0.29, 0.717) is 30.2 Å². The highest BCUT2D eigenvalue weighted by molar-refractivity contribution is 7.89. The zero-order valence-electron chi connectivity index (χ0n) is 26.6. The molecule has 0 N–H and O–H groups in total. The first-order valence-electron chi connectivity index (χ1n) is 14.9. The summed E-state index contributed by atoms with van der Waals surface area (Å²) in [5.41, 5.74) is 7.11. The van der Waals surface area contributed by atoms with Crippen molar-refractivity contribution in [3.05, 3.63) is 82.4 Å². The number of aromatic nitrogens is 3. The Balaban J connectivity index is 1.53. The van der Waals surface area contributed by atoms with E-state index >= 15 is 0 Å². The molecule has 11 heteroatoms. The van der Waals surface area contributed by atoms with E-state index in [1.807, 2.05) is 101 Å². The molecule has 5 rings (SSSR count). The van der Waals surface area contributed by atoms with E-state index in [1.54, 1.807) is 21.1 Å². The average Bonchev–Trinajstić information content (AvgIpc) is 3.32. The quantitative estimate of drug-likeness (QED) is 0.257. The summed E-state index contributed by atoms with van der Waals surface area (Å²) in [4.78, 5) is 17.6. The number of para-hydroxylation sites is 1. The van der Waals surface area contributed by atoms with Crippen LogP contribution in [0, 0.1) is 13.8 Å². The largest absolute Gasteiger partial charge is 0.461 e.